The standard InChI is InChI=1S/C17H19N3O3S/c1-3-20(11(2)6-12-4-5-24-10-12)17(22)13-7-14-16(18-8-13)23-9-15(21)19-14/h4-5,7-8,10-11H,3,6,9H2,1-2H3,(H,19,21)/t11-/m0/s1. The quantitative estimate of drug-likeness (QED) is 0.904. The summed E-state index contributed by atoms with van der Waals surface area (Å²) in [5, 5.41) is 6.82. The predicted molar refractivity (Wildman–Crippen MR) is 92.6 cm³/mol. The summed E-state index contributed by atoms with van der Waals surface area (Å²) in [7, 11) is 0. The molecule has 0 aromatic carbocycles. The summed E-state index contributed by atoms with van der Waals surface area (Å²) in [6, 6.07) is 3.77. The van der Waals surface area contributed by atoms with Crippen LogP contribution in [0.2, 0.25) is 0 Å². The molecule has 0 bridgehead atoms. The van der Waals surface area contributed by atoms with Crippen molar-refractivity contribution in [1.29, 1.82) is 0 Å². The Morgan fingerprint density at radius 2 is 2.38 bits per heavy atom. The highest BCUT2D eigenvalue weighted by atomic mass is 32.1. The lowest BCUT2D eigenvalue weighted by Gasteiger charge is -2.28. The van der Waals surface area contributed by atoms with E-state index in [1.165, 1.54) is 11.8 Å². The molecule has 3 heterocycles. The van der Waals surface area contributed by atoms with E-state index in [1.54, 1.807) is 17.4 Å². The molecule has 0 unspecified atom stereocenters. The number of rotatable bonds is 5. The minimum absolute atomic E-state index is 0.0496. The fourth-order valence-electron chi connectivity index (χ4n) is 2.78. The summed E-state index contributed by atoms with van der Waals surface area (Å²) < 4.78 is 5.23. The number of hydrogen-bond donors (Lipinski definition) is 1. The molecule has 0 aliphatic carbocycles. The molecule has 1 aliphatic rings. The van der Waals surface area contributed by atoms with E-state index >= 15 is 0 Å². The van der Waals surface area contributed by atoms with Crippen molar-refractivity contribution in [2.24, 2.45) is 0 Å². The van der Waals surface area contributed by atoms with Gasteiger partial charge in [-0.05, 0) is 48.7 Å². The Morgan fingerprint density at radius 1 is 1.54 bits per heavy atom. The normalized spacial score (nSPS) is 14.3. The Kier molecular flexibility index (Phi) is 4.80. The van der Waals surface area contributed by atoms with Crippen molar-refractivity contribution in [2.45, 2.75) is 26.3 Å². The van der Waals surface area contributed by atoms with Gasteiger partial charge in [-0.1, -0.05) is 0 Å². The molecule has 0 radical (unpaired) electrons. The third-order valence-electron chi connectivity index (χ3n) is 3.96. The molecule has 0 fully saturated rings. The highest BCUT2D eigenvalue weighted by molar-refractivity contribution is 7.07. The molecule has 1 aliphatic heterocycles. The first-order valence-corrected chi connectivity index (χ1v) is 8.77. The van der Waals surface area contributed by atoms with Crippen molar-refractivity contribution in [3.8, 4) is 5.88 Å². The first kappa shape index (κ1) is 16.4. The largest absolute Gasteiger partial charge is 0.466 e. The average molecular weight is 345 g/mol. The van der Waals surface area contributed by atoms with Gasteiger partial charge in [0.25, 0.3) is 11.8 Å². The van der Waals surface area contributed by atoms with Crippen molar-refractivity contribution >= 4 is 28.8 Å². The van der Waals surface area contributed by atoms with Gasteiger partial charge in [-0.2, -0.15) is 11.3 Å². The minimum atomic E-state index is -0.243. The number of carbonyl (C=O) groups is 2. The molecule has 0 saturated heterocycles. The van der Waals surface area contributed by atoms with E-state index in [0.717, 1.165) is 6.42 Å². The SMILES string of the molecule is CCN(C(=O)c1cnc2c(c1)NC(=O)CO2)[C@@H](C)Cc1ccsc1. The highest BCUT2D eigenvalue weighted by Gasteiger charge is 2.24. The van der Waals surface area contributed by atoms with Gasteiger partial charge in [-0.25, -0.2) is 4.98 Å². The molecule has 1 N–H and O–H groups in total. The molecule has 2 amide bonds. The molecule has 2 aromatic heterocycles. The van der Waals surface area contributed by atoms with E-state index < -0.39 is 0 Å². The summed E-state index contributed by atoms with van der Waals surface area (Å²) in [5.41, 5.74) is 2.11. The van der Waals surface area contributed by atoms with E-state index in [4.69, 9.17) is 4.74 Å². The number of nitrogens with one attached hydrogen (secondary N) is 1. The molecule has 2 aromatic rings. The van der Waals surface area contributed by atoms with Crippen LogP contribution in [-0.4, -0.2) is 40.9 Å². The monoisotopic (exact) mass is 345 g/mol. The van der Waals surface area contributed by atoms with E-state index in [2.05, 4.69) is 21.7 Å². The van der Waals surface area contributed by atoms with Crippen LogP contribution in [0.1, 0.15) is 29.8 Å². The Hall–Kier alpha value is -2.41. The van der Waals surface area contributed by atoms with E-state index in [1.807, 2.05) is 24.1 Å². The minimum Gasteiger partial charge on any atom is -0.466 e. The van der Waals surface area contributed by atoms with E-state index in [0.29, 0.717) is 23.7 Å². The molecular formula is C17H19N3O3S. The number of likely N-dealkylation sites (N-methyl/N-ethyl adjacent to an activating group) is 1. The molecule has 126 valence electrons. The predicted octanol–water partition coefficient (Wildman–Crippen LogP) is 2.57. The number of amides is 2. The Labute approximate surface area is 144 Å². The lowest BCUT2D eigenvalue weighted by Crippen LogP contribution is -2.39. The Balaban J connectivity index is 1.78. The summed E-state index contributed by atoms with van der Waals surface area (Å²) in [4.78, 5) is 30.2. The van der Waals surface area contributed by atoms with Crippen LogP contribution in [0.5, 0.6) is 5.88 Å². The Morgan fingerprint density at radius 3 is 3.08 bits per heavy atom. The van der Waals surface area contributed by atoms with E-state index in [-0.39, 0.29) is 24.5 Å². The fraction of sp³-hybridized carbons (Fsp3) is 0.353. The fourth-order valence-corrected chi connectivity index (χ4v) is 3.46. The van der Waals surface area contributed by atoms with Crippen LogP contribution in [0.15, 0.2) is 29.1 Å². The number of hydrogen-bond acceptors (Lipinski definition) is 5. The van der Waals surface area contributed by atoms with Gasteiger partial charge in [-0.15, -0.1) is 0 Å². The van der Waals surface area contributed by atoms with Crippen molar-refractivity contribution in [3.05, 3.63) is 40.2 Å². The number of ether oxygens (including phenoxy) is 1. The number of aromatic nitrogens is 1. The first-order valence-electron chi connectivity index (χ1n) is 7.83. The lowest BCUT2D eigenvalue weighted by molar-refractivity contribution is -0.118. The van der Waals surface area contributed by atoms with Gasteiger partial charge in [0.15, 0.2) is 6.61 Å². The molecule has 6 nitrogen and oxygen atoms in total. The summed E-state index contributed by atoms with van der Waals surface area (Å²) in [6.45, 7) is 4.55. The topological polar surface area (TPSA) is 71.5 Å². The zero-order valence-corrected chi connectivity index (χ0v) is 14.4. The number of fused-ring (bicyclic) bond motifs is 1. The Bertz CT molecular complexity index is 746. The maximum absolute atomic E-state index is 12.8. The molecule has 0 saturated carbocycles. The maximum atomic E-state index is 12.8. The molecule has 7 heteroatoms. The van der Waals surface area contributed by atoms with Crippen LogP contribution < -0.4 is 10.1 Å². The highest BCUT2D eigenvalue weighted by Crippen LogP contribution is 2.26. The number of anilines is 1. The molecule has 24 heavy (non-hydrogen) atoms. The van der Waals surface area contributed by atoms with Crippen LogP contribution in [0.25, 0.3) is 0 Å². The van der Waals surface area contributed by atoms with Crippen LogP contribution in [0.3, 0.4) is 0 Å². The second-order valence-electron chi connectivity index (χ2n) is 5.69. The zero-order valence-electron chi connectivity index (χ0n) is 13.6. The van der Waals surface area contributed by atoms with Crippen molar-refractivity contribution in [2.75, 3.05) is 18.5 Å². The van der Waals surface area contributed by atoms with Crippen LogP contribution in [0.4, 0.5) is 5.69 Å². The van der Waals surface area contributed by atoms with Crippen molar-refractivity contribution in [1.82, 2.24) is 9.88 Å². The van der Waals surface area contributed by atoms with Gasteiger partial charge in [-0.3, -0.25) is 9.59 Å². The summed E-state index contributed by atoms with van der Waals surface area (Å²) in [5.74, 6) is 0.00273. The smallest absolute Gasteiger partial charge is 0.262 e. The second-order valence-corrected chi connectivity index (χ2v) is 6.47. The third kappa shape index (κ3) is 3.41. The van der Waals surface area contributed by atoms with Crippen LogP contribution in [0, 0.1) is 0 Å². The summed E-state index contributed by atoms with van der Waals surface area (Å²) in [6.07, 6.45) is 2.31. The number of nitrogens with zero attached hydrogens (tertiary/aromatic N) is 2. The second kappa shape index (κ2) is 7.00. The van der Waals surface area contributed by atoms with Crippen molar-refractivity contribution in [3.63, 3.8) is 0 Å². The summed E-state index contributed by atoms with van der Waals surface area (Å²) >= 11 is 1.65. The first-order chi connectivity index (χ1) is 11.6. The van der Waals surface area contributed by atoms with E-state index in [9.17, 15) is 9.59 Å². The number of thiophene rings is 1. The van der Waals surface area contributed by atoms with Crippen LogP contribution >= 0.6 is 11.3 Å². The molecule has 0 spiro atoms. The van der Waals surface area contributed by atoms with Gasteiger partial charge < -0.3 is 15.0 Å². The van der Waals surface area contributed by atoms with Gasteiger partial charge in [0.1, 0.15) is 5.69 Å². The zero-order chi connectivity index (χ0) is 17.1. The van der Waals surface area contributed by atoms with Crippen LogP contribution in [-0.2, 0) is 11.2 Å². The van der Waals surface area contributed by atoms with Gasteiger partial charge in [0.05, 0.1) is 5.56 Å². The molecular weight excluding hydrogens is 326 g/mol. The molecule has 1 atom stereocenters. The van der Waals surface area contributed by atoms with Gasteiger partial charge in [0.2, 0.25) is 5.88 Å². The lowest BCUT2D eigenvalue weighted by atomic mass is 10.1. The molecule has 3 rings (SSSR count). The van der Waals surface area contributed by atoms with Gasteiger partial charge in [0, 0.05) is 18.8 Å². The maximum Gasteiger partial charge on any atom is 0.262 e. The number of pyridine rings is 1. The van der Waals surface area contributed by atoms with Crippen molar-refractivity contribution < 1.29 is 14.3 Å². The third-order valence-corrected chi connectivity index (χ3v) is 4.69. The average Bonchev–Trinajstić information content (AvgIpc) is 3.07. The van der Waals surface area contributed by atoms with Gasteiger partial charge >= 0.3 is 0 Å². The number of carbonyl (C=O) groups excluding carboxylic acids is 2.